The van der Waals surface area contributed by atoms with Gasteiger partial charge in [0.1, 0.15) is 6.04 Å². The highest BCUT2D eigenvalue weighted by molar-refractivity contribution is 6.25. The lowest BCUT2D eigenvalue weighted by Crippen LogP contribution is -2.54. The van der Waals surface area contributed by atoms with Crippen molar-refractivity contribution in [2.24, 2.45) is 0 Å². The maximum atomic E-state index is 13.0. The van der Waals surface area contributed by atoms with Crippen molar-refractivity contribution in [1.29, 1.82) is 0 Å². The van der Waals surface area contributed by atoms with E-state index in [0.29, 0.717) is 18.8 Å². The molecule has 1 aromatic rings. The number of rotatable bonds is 2. The molecule has 3 heterocycles. The second kappa shape index (κ2) is 5.94. The molecule has 0 aliphatic carbocycles. The monoisotopic (exact) mass is 356 g/mol. The summed E-state index contributed by atoms with van der Waals surface area (Å²) < 4.78 is 0. The molecule has 0 bridgehead atoms. The first-order chi connectivity index (χ1) is 12.5. The second-order valence-electron chi connectivity index (χ2n) is 6.42. The van der Waals surface area contributed by atoms with Crippen LogP contribution in [-0.4, -0.2) is 60.1 Å². The number of fused-ring (bicyclic) bond motifs is 1. The number of anilines is 1. The van der Waals surface area contributed by atoms with Crippen molar-refractivity contribution in [1.82, 2.24) is 15.5 Å². The minimum Gasteiger partial charge on any atom is -0.360 e. The van der Waals surface area contributed by atoms with Crippen molar-refractivity contribution < 1.29 is 24.0 Å². The Bertz CT molecular complexity index is 865. The summed E-state index contributed by atoms with van der Waals surface area (Å²) in [5.74, 6) is -2.34. The number of benzene rings is 1. The van der Waals surface area contributed by atoms with Gasteiger partial charge in [-0.05, 0) is 18.6 Å². The summed E-state index contributed by atoms with van der Waals surface area (Å²) in [6.07, 6.45) is 0.181. The van der Waals surface area contributed by atoms with Crippen LogP contribution >= 0.6 is 0 Å². The van der Waals surface area contributed by atoms with Gasteiger partial charge in [-0.2, -0.15) is 0 Å². The number of imide groups is 2. The molecule has 3 aliphatic rings. The van der Waals surface area contributed by atoms with Gasteiger partial charge in [-0.15, -0.1) is 0 Å². The van der Waals surface area contributed by atoms with Crippen LogP contribution in [0.2, 0.25) is 0 Å². The fraction of sp³-hybridized carbons (Fsp3) is 0.353. The van der Waals surface area contributed by atoms with E-state index in [4.69, 9.17) is 0 Å². The topological polar surface area (TPSA) is 116 Å². The van der Waals surface area contributed by atoms with Gasteiger partial charge in [0.05, 0.1) is 23.4 Å². The van der Waals surface area contributed by atoms with E-state index in [1.807, 2.05) is 0 Å². The SMILES string of the molecule is O=C1CN(c2cccc3c2C(=O)N(C2CCC(=O)NC2=O)C3=O)CCN1. The van der Waals surface area contributed by atoms with Crippen LogP contribution in [0.15, 0.2) is 18.2 Å². The quantitative estimate of drug-likeness (QED) is 0.659. The van der Waals surface area contributed by atoms with Crippen LogP contribution in [0.5, 0.6) is 0 Å². The smallest absolute Gasteiger partial charge is 0.264 e. The number of piperazine rings is 1. The zero-order chi connectivity index (χ0) is 18.4. The number of hydrogen-bond acceptors (Lipinski definition) is 6. The van der Waals surface area contributed by atoms with E-state index in [2.05, 4.69) is 10.6 Å². The van der Waals surface area contributed by atoms with Crippen LogP contribution in [0.1, 0.15) is 33.6 Å². The molecule has 134 valence electrons. The van der Waals surface area contributed by atoms with Crippen LogP contribution in [0.3, 0.4) is 0 Å². The number of piperidine rings is 1. The molecule has 0 radical (unpaired) electrons. The molecular formula is C17H16N4O5. The van der Waals surface area contributed by atoms with Crippen molar-refractivity contribution >= 4 is 35.2 Å². The first-order valence-corrected chi connectivity index (χ1v) is 8.33. The third-order valence-electron chi connectivity index (χ3n) is 4.83. The Kier molecular flexibility index (Phi) is 3.71. The summed E-state index contributed by atoms with van der Waals surface area (Å²) in [7, 11) is 0. The molecule has 0 saturated carbocycles. The van der Waals surface area contributed by atoms with Crippen LogP contribution in [0, 0.1) is 0 Å². The standard InChI is InChI=1S/C17H16N4O5/c22-12-5-4-11(15(24)19-12)21-16(25)9-2-1-3-10(14(9)17(21)26)20-7-6-18-13(23)8-20/h1-3,11H,4-8H2,(H,18,23)(H,19,22,24). The number of carbonyl (C=O) groups excluding carboxylic acids is 5. The van der Waals surface area contributed by atoms with Gasteiger partial charge in [0, 0.05) is 19.5 Å². The maximum Gasteiger partial charge on any atom is 0.264 e. The lowest BCUT2D eigenvalue weighted by Gasteiger charge is -2.30. The van der Waals surface area contributed by atoms with E-state index in [9.17, 15) is 24.0 Å². The molecule has 0 aromatic heterocycles. The molecule has 1 atom stereocenters. The number of hydrogen-bond donors (Lipinski definition) is 2. The predicted molar refractivity (Wildman–Crippen MR) is 88.3 cm³/mol. The van der Waals surface area contributed by atoms with Crippen LogP contribution in [0.25, 0.3) is 0 Å². The Labute approximate surface area is 148 Å². The summed E-state index contributed by atoms with van der Waals surface area (Å²) >= 11 is 0. The molecule has 9 nitrogen and oxygen atoms in total. The molecule has 1 unspecified atom stereocenters. The van der Waals surface area contributed by atoms with E-state index >= 15 is 0 Å². The first kappa shape index (κ1) is 16.2. The third-order valence-corrected chi connectivity index (χ3v) is 4.83. The number of nitrogens with zero attached hydrogens (tertiary/aromatic N) is 2. The minimum atomic E-state index is -1.00. The number of carbonyl (C=O) groups is 5. The summed E-state index contributed by atoms with van der Waals surface area (Å²) in [6, 6.07) is 3.88. The van der Waals surface area contributed by atoms with Gasteiger partial charge in [0.2, 0.25) is 17.7 Å². The van der Waals surface area contributed by atoms with Gasteiger partial charge in [-0.1, -0.05) is 6.07 Å². The van der Waals surface area contributed by atoms with Crippen molar-refractivity contribution in [2.75, 3.05) is 24.5 Å². The lowest BCUT2D eigenvalue weighted by molar-refractivity contribution is -0.136. The van der Waals surface area contributed by atoms with Crippen molar-refractivity contribution in [2.45, 2.75) is 18.9 Å². The molecule has 2 N–H and O–H groups in total. The van der Waals surface area contributed by atoms with Crippen LogP contribution < -0.4 is 15.5 Å². The van der Waals surface area contributed by atoms with Crippen molar-refractivity contribution in [3.05, 3.63) is 29.3 Å². The molecule has 3 aliphatic heterocycles. The fourth-order valence-electron chi connectivity index (χ4n) is 3.60. The normalized spacial score (nSPS) is 23.1. The molecule has 2 saturated heterocycles. The zero-order valence-corrected chi connectivity index (χ0v) is 13.8. The van der Waals surface area contributed by atoms with E-state index in [1.54, 1.807) is 17.0 Å². The molecule has 9 heteroatoms. The average Bonchev–Trinajstić information content (AvgIpc) is 2.87. The Balaban J connectivity index is 1.70. The van der Waals surface area contributed by atoms with Gasteiger partial charge in [0.15, 0.2) is 0 Å². The molecule has 1 aromatic carbocycles. The zero-order valence-electron chi connectivity index (χ0n) is 13.8. The molecule has 2 fully saturated rings. The van der Waals surface area contributed by atoms with Crippen LogP contribution in [-0.2, 0) is 14.4 Å². The number of amides is 5. The fourth-order valence-corrected chi connectivity index (χ4v) is 3.60. The Morgan fingerprint density at radius 3 is 2.54 bits per heavy atom. The predicted octanol–water partition coefficient (Wildman–Crippen LogP) is -0.976. The molecule has 5 amide bonds. The Hall–Kier alpha value is -3.23. The molecule has 0 spiro atoms. The van der Waals surface area contributed by atoms with E-state index in [1.165, 1.54) is 6.07 Å². The highest BCUT2D eigenvalue weighted by Gasteiger charge is 2.46. The Morgan fingerprint density at radius 1 is 1.00 bits per heavy atom. The van der Waals surface area contributed by atoms with Gasteiger partial charge < -0.3 is 10.2 Å². The molecule has 4 rings (SSSR count). The maximum absolute atomic E-state index is 13.0. The largest absolute Gasteiger partial charge is 0.360 e. The van der Waals surface area contributed by atoms with Gasteiger partial charge in [-0.3, -0.25) is 34.2 Å². The highest BCUT2D eigenvalue weighted by Crippen LogP contribution is 2.34. The Morgan fingerprint density at radius 2 is 1.81 bits per heavy atom. The summed E-state index contributed by atoms with van der Waals surface area (Å²) in [5, 5.41) is 4.88. The van der Waals surface area contributed by atoms with E-state index < -0.39 is 29.7 Å². The summed E-state index contributed by atoms with van der Waals surface area (Å²) in [5.41, 5.74) is 0.922. The molecular weight excluding hydrogens is 340 g/mol. The van der Waals surface area contributed by atoms with Crippen molar-refractivity contribution in [3.8, 4) is 0 Å². The van der Waals surface area contributed by atoms with Crippen molar-refractivity contribution in [3.63, 3.8) is 0 Å². The average molecular weight is 356 g/mol. The van der Waals surface area contributed by atoms with Crippen LogP contribution in [0.4, 0.5) is 5.69 Å². The minimum absolute atomic E-state index is 0.0724. The summed E-state index contributed by atoms with van der Waals surface area (Å²) in [4.78, 5) is 63.6. The summed E-state index contributed by atoms with van der Waals surface area (Å²) in [6.45, 7) is 1.06. The third kappa shape index (κ3) is 2.43. The lowest BCUT2D eigenvalue weighted by atomic mass is 10.0. The molecule has 26 heavy (non-hydrogen) atoms. The first-order valence-electron chi connectivity index (χ1n) is 8.33. The van der Waals surface area contributed by atoms with Gasteiger partial charge in [0.25, 0.3) is 11.8 Å². The number of nitrogens with one attached hydrogen (secondary N) is 2. The van der Waals surface area contributed by atoms with Gasteiger partial charge >= 0.3 is 0 Å². The van der Waals surface area contributed by atoms with E-state index in [0.717, 1.165) is 4.90 Å². The second-order valence-corrected chi connectivity index (χ2v) is 6.42. The van der Waals surface area contributed by atoms with E-state index in [-0.39, 0.29) is 36.4 Å². The van der Waals surface area contributed by atoms with Gasteiger partial charge in [-0.25, -0.2) is 0 Å². The highest BCUT2D eigenvalue weighted by atomic mass is 16.2.